The van der Waals surface area contributed by atoms with Crippen molar-refractivity contribution in [1.82, 2.24) is 5.32 Å². The average Bonchev–Trinajstić information content (AvgIpc) is 3.14. The van der Waals surface area contributed by atoms with Crippen LogP contribution in [0.1, 0.15) is 17.9 Å². The lowest BCUT2D eigenvalue weighted by atomic mass is 10.1. The molecule has 0 amide bonds. The molecule has 0 bridgehead atoms. The maximum absolute atomic E-state index is 5.25. The van der Waals surface area contributed by atoms with E-state index in [9.17, 15) is 0 Å². The highest BCUT2D eigenvalue weighted by atomic mass is 79.9. The third kappa shape index (κ3) is 3.46. The van der Waals surface area contributed by atoms with Crippen LogP contribution in [0.4, 0.5) is 0 Å². The van der Waals surface area contributed by atoms with Gasteiger partial charge in [-0.15, -0.1) is 0 Å². The maximum Gasteiger partial charge on any atom is 0.133 e. The Bertz CT molecular complexity index is 397. The normalized spacial score (nSPS) is 21.9. The fraction of sp³-hybridized carbons (Fsp3) is 0.571. The molecular weight excluding hydrogens is 294 g/mol. The van der Waals surface area contributed by atoms with Gasteiger partial charge < -0.3 is 14.8 Å². The molecule has 2 unspecified atom stereocenters. The molecule has 1 aliphatic carbocycles. The molecule has 1 fully saturated rings. The van der Waals surface area contributed by atoms with Gasteiger partial charge in [-0.3, -0.25) is 0 Å². The third-order valence-electron chi connectivity index (χ3n) is 3.42. The monoisotopic (exact) mass is 313 g/mol. The zero-order valence-corrected chi connectivity index (χ0v) is 12.5. The highest BCUT2D eigenvalue weighted by Crippen LogP contribution is 2.48. The minimum atomic E-state index is 0.697. The summed E-state index contributed by atoms with van der Waals surface area (Å²) in [6.07, 6.45) is 1.28. The van der Waals surface area contributed by atoms with Gasteiger partial charge >= 0.3 is 0 Å². The Labute approximate surface area is 117 Å². The topological polar surface area (TPSA) is 30.5 Å². The fourth-order valence-electron chi connectivity index (χ4n) is 2.26. The van der Waals surface area contributed by atoms with E-state index in [1.807, 2.05) is 6.07 Å². The molecule has 2 rings (SSSR count). The van der Waals surface area contributed by atoms with Crippen molar-refractivity contribution >= 4 is 15.9 Å². The van der Waals surface area contributed by atoms with Crippen molar-refractivity contribution in [2.45, 2.75) is 12.3 Å². The molecule has 4 heteroatoms. The number of ether oxygens (including phenoxy) is 2. The Hall–Kier alpha value is -0.580. The van der Waals surface area contributed by atoms with Gasteiger partial charge in [0.15, 0.2) is 0 Å². The number of hydrogen-bond donors (Lipinski definition) is 1. The first kappa shape index (κ1) is 13.8. The maximum atomic E-state index is 5.25. The minimum Gasteiger partial charge on any atom is -0.496 e. The summed E-state index contributed by atoms with van der Waals surface area (Å²) in [6.45, 7) is 2.80. The van der Waals surface area contributed by atoms with Crippen molar-refractivity contribution in [3.05, 3.63) is 28.2 Å². The lowest BCUT2D eigenvalue weighted by molar-refractivity contribution is 0.199. The fourth-order valence-corrected chi connectivity index (χ4v) is 2.81. The summed E-state index contributed by atoms with van der Waals surface area (Å²) in [5, 5.41) is 3.42. The van der Waals surface area contributed by atoms with Gasteiger partial charge in [-0.1, -0.05) is 6.07 Å². The van der Waals surface area contributed by atoms with Gasteiger partial charge in [0.25, 0.3) is 0 Å². The molecule has 0 saturated heterocycles. The summed E-state index contributed by atoms with van der Waals surface area (Å²) in [5.41, 5.74) is 1.40. The molecule has 0 aromatic heterocycles. The molecule has 1 aliphatic rings. The highest BCUT2D eigenvalue weighted by molar-refractivity contribution is 9.10. The third-order valence-corrected chi connectivity index (χ3v) is 4.04. The highest BCUT2D eigenvalue weighted by Gasteiger charge is 2.37. The predicted molar refractivity (Wildman–Crippen MR) is 76.3 cm³/mol. The van der Waals surface area contributed by atoms with Gasteiger partial charge in [-0.25, -0.2) is 0 Å². The molecular formula is C14H20BrNO2. The van der Waals surface area contributed by atoms with Gasteiger partial charge in [-0.2, -0.15) is 0 Å². The van der Waals surface area contributed by atoms with E-state index in [0.29, 0.717) is 5.92 Å². The average molecular weight is 314 g/mol. The van der Waals surface area contributed by atoms with E-state index in [2.05, 4.69) is 33.4 Å². The van der Waals surface area contributed by atoms with Crippen molar-refractivity contribution in [1.29, 1.82) is 0 Å². The van der Waals surface area contributed by atoms with Crippen LogP contribution in [0.2, 0.25) is 0 Å². The molecule has 1 aromatic carbocycles. The van der Waals surface area contributed by atoms with Gasteiger partial charge in [0, 0.05) is 13.7 Å². The Morgan fingerprint density at radius 1 is 1.39 bits per heavy atom. The largest absolute Gasteiger partial charge is 0.496 e. The molecule has 2 atom stereocenters. The van der Waals surface area contributed by atoms with E-state index in [-0.39, 0.29) is 0 Å². The second-order valence-corrected chi connectivity index (χ2v) is 5.55. The molecule has 0 heterocycles. The Kier molecular flexibility index (Phi) is 5.03. The van der Waals surface area contributed by atoms with Crippen LogP contribution >= 0.6 is 15.9 Å². The lowest BCUT2D eigenvalue weighted by Gasteiger charge is -2.07. The van der Waals surface area contributed by atoms with Gasteiger partial charge in [0.1, 0.15) is 5.75 Å². The number of rotatable bonds is 7. The Morgan fingerprint density at radius 2 is 2.22 bits per heavy atom. The molecule has 1 saturated carbocycles. The van der Waals surface area contributed by atoms with E-state index in [1.54, 1.807) is 14.2 Å². The van der Waals surface area contributed by atoms with E-state index in [0.717, 1.165) is 35.8 Å². The van der Waals surface area contributed by atoms with Crippen LogP contribution in [0.3, 0.4) is 0 Å². The van der Waals surface area contributed by atoms with Gasteiger partial charge in [0.05, 0.1) is 18.2 Å². The van der Waals surface area contributed by atoms with Crippen LogP contribution in [0, 0.1) is 5.92 Å². The Morgan fingerprint density at radius 3 is 2.89 bits per heavy atom. The van der Waals surface area contributed by atoms with E-state index < -0.39 is 0 Å². The van der Waals surface area contributed by atoms with Crippen molar-refractivity contribution in [3.63, 3.8) is 0 Å². The van der Waals surface area contributed by atoms with Crippen molar-refractivity contribution in [3.8, 4) is 5.75 Å². The van der Waals surface area contributed by atoms with Gasteiger partial charge in [0.2, 0.25) is 0 Å². The molecule has 0 radical (unpaired) electrons. The van der Waals surface area contributed by atoms with Crippen molar-refractivity contribution in [2.24, 2.45) is 5.92 Å². The van der Waals surface area contributed by atoms with Crippen molar-refractivity contribution in [2.75, 3.05) is 33.9 Å². The number of halogens is 1. The zero-order valence-electron chi connectivity index (χ0n) is 10.9. The number of nitrogens with one attached hydrogen (secondary N) is 1. The zero-order chi connectivity index (χ0) is 13.0. The van der Waals surface area contributed by atoms with Crippen LogP contribution in [0.5, 0.6) is 5.75 Å². The van der Waals surface area contributed by atoms with Crippen molar-refractivity contribution < 1.29 is 9.47 Å². The van der Waals surface area contributed by atoms with Crippen LogP contribution in [-0.4, -0.2) is 33.9 Å². The first-order valence-corrected chi connectivity index (χ1v) is 7.08. The van der Waals surface area contributed by atoms with E-state index in [1.165, 1.54) is 12.0 Å². The first-order valence-electron chi connectivity index (χ1n) is 6.29. The smallest absolute Gasteiger partial charge is 0.133 e. The molecule has 0 spiro atoms. The summed E-state index contributed by atoms with van der Waals surface area (Å²) in [6, 6.07) is 6.38. The minimum absolute atomic E-state index is 0.697. The summed E-state index contributed by atoms with van der Waals surface area (Å²) >= 11 is 3.54. The lowest BCUT2D eigenvalue weighted by Crippen LogP contribution is -2.21. The van der Waals surface area contributed by atoms with Crippen LogP contribution in [0.25, 0.3) is 0 Å². The molecule has 1 N–H and O–H groups in total. The Balaban J connectivity index is 1.82. The standard InChI is InChI=1S/C14H20BrNO2/c1-17-6-5-16-9-11-7-12(11)10-3-4-14(18-2)13(15)8-10/h3-4,8,11-12,16H,5-7,9H2,1-2H3. The van der Waals surface area contributed by atoms with Crippen LogP contribution in [0.15, 0.2) is 22.7 Å². The van der Waals surface area contributed by atoms with E-state index >= 15 is 0 Å². The summed E-state index contributed by atoms with van der Waals surface area (Å²) in [7, 11) is 3.43. The summed E-state index contributed by atoms with van der Waals surface area (Å²) < 4.78 is 11.3. The number of hydrogen-bond acceptors (Lipinski definition) is 3. The quantitative estimate of drug-likeness (QED) is 0.785. The first-order chi connectivity index (χ1) is 8.76. The van der Waals surface area contributed by atoms with E-state index in [4.69, 9.17) is 9.47 Å². The number of methoxy groups -OCH3 is 2. The number of benzene rings is 1. The second-order valence-electron chi connectivity index (χ2n) is 4.69. The molecule has 0 aliphatic heterocycles. The second kappa shape index (κ2) is 6.55. The predicted octanol–water partition coefficient (Wildman–Crippen LogP) is 2.80. The molecule has 100 valence electrons. The summed E-state index contributed by atoms with van der Waals surface area (Å²) in [5.74, 6) is 2.36. The molecule has 3 nitrogen and oxygen atoms in total. The molecule has 18 heavy (non-hydrogen) atoms. The van der Waals surface area contributed by atoms with Crippen LogP contribution in [-0.2, 0) is 4.74 Å². The van der Waals surface area contributed by atoms with Crippen LogP contribution < -0.4 is 10.1 Å². The molecule has 1 aromatic rings. The summed E-state index contributed by atoms with van der Waals surface area (Å²) in [4.78, 5) is 0. The SMILES string of the molecule is COCCNCC1CC1c1ccc(OC)c(Br)c1. The van der Waals surface area contributed by atoms with Gasteiger partial charge in [-0.05, 0) is 58.4 Å².